The molecule has 4 rings (SSSR count). The number of para-hydroxylation sites is 1. The third-order valence-electron chi connectivity index (χ3n) is 9.32. The fraction of sp³-hybridized carbons (Fsp3) is 0.0364. The minimum Gasteiger partial charge on any atom is -0.294 e. The first kappa shape index (κ1) is 46.2. The molecule has 5 nitrogen and oxygen atoms in total. The lowest BCUT2D eigenvalue weighted by Gasteiger charge is -2.43. The van der Waals surface area contributed by atoms with Gasteiger partial charge >= 0.3 is 0 Å². The molecule has 4 aromatic rings. The predicted octanol–water partition coefficient (Wildman–Crippen LogP) is 15.5. The van der Waals surface area contributed by atoms with E-state index >= 15 is 0 Å². The van der Waals surface area contributed by atoms with E-state index in [4.69, 9.17) is 15.0 Å². The Labute approximate surface area is 364 Å². The van der Waals surface area contributed by atoms with Crippen molar-refractivity contribution in [2.24, 2.45) is 15.0 Å². The Bertz CT molecular complexity index is 2670. The molecule has 0 bridgehead atoms. The SMILES string of the molecule is C=C/C=C\c1c(/C=C\C)c(C=C)n(C(=C/C=C)/N=C(C=C)/C(C=C)=N/C(=N\C=C)S(C(/C=C\C)=C/C=C)(c2ccccc2)n2c(/C=C\C=C)c(C=C)c3ccccc32)c1C=C. The monoisotopic (exact) mass is 817 g/mol. The van der Waals surface area contributed by atoms with Crippen molar-refractivity contribution < 1.29 is 0 Å². The third-order valence-corrected chi connectivity index (χ3v) is 12.9. The summed E-state index contributed by atoms with van der Waals surface area (Å²) < 4.78 is 4.32. The van der Waals surface area contributed by atoms with E-state index in [-0.39, 0.29) is 0 Å². The number of rotatable bonds is 20. The molecule has 61 heavy (non-hydrogen) atoms. The lowest BCUT2D eigenvalue weighted by molar-refractivity contribution is 1.05. The minimum absolute atomic E-state index is 0.410. The van der Waals surface area contributed by atoms with E-state index in [1.165, 1.54) is 6.20 Å². The fourth-order valence-electron chi connectivity index (χ4n) is 7.01. The molecule has 0 aliphatic heterocycles. The van der Waals surface area contributed by atoms with Gasteiger partial charge in [0.2, 0.25) is 0 Å². The summed E-state index contributed by atoms with van der Waals surface area (Å²) in [6.45, 7) is 45.3. The van der Waals surface area contributed by atoms with E-state index < -0.39 is 10.2 Å². The van der Waals surface area contributed by atoms with Crippen molar-refractivity contribution in [3.05, 3.63) is 244 Å². The molecule has 0 amide bonds. The van der Waals surface area contributed by atoms with Gasteiger partial charge in [-0.05, 0) is 84.8 Å². The first-order valence-corrected chi connectivity index (χ1v) is 21.2. The van der Waals surface area contributed by atoms with E-state index in [1.807, 2.05) is 103 Å². The van der Waals surface area contributed by atoms with E-state index in [0.29, 0.717) is 22.4 Å². The molecule has 0 N–H and O–H groups in total. The van der Waals surface area contributed by atoms with Crippen LogP contribution in [-0.4, -0.2) is 25.1 Å². The number of hydrogen-bond acceptors (Lipinski definition) is 2. The van der Waals surface area contributed by atoms with Crippen molar-refractivity contribution in [3.8, 4) is 0 Å². The van der Waals surface area contributed by atoms with Crippen LogP contribution in [0.4, 0.5) is 0 Å². The Morgan fingerprint density at radius 2 is 1.20 bits per heavy atom. The normalized spacial score (nSPS) is 14.6. The van der Waals surface area contributed by atoms with Gasteiger partial charge in [-0.3, -0.25) is 8.54 Å². The van der Waals surface area contributed by atoms with Crippen LogP contribution in [-0.2, 0) is 0 Å². The molecule has 0 radical (unpaired) electrons. The number of amidine groups is 1. The highest BCUT2D eigenvalue weighted by Crippen LogP contribution is 2.67. The molecule has 0 aliphatic carbocycles. The van der Waals surface area contributed by atoms with Gasteiger partial charge < -0.3 is 0 Å². The van der Waals surface area contributed by atoms with E-state index in [1.54, 1.807) is 48.6 Å². The van der Waals surface area contributed by atoms with Gasteiger partial charge in [0.05, 0.1) is 34.0 Å². The van der Waals surface area contributed by atoms with Gasteiger partial charge in [0.1, 0.15) is 5.82 Å². The van der Waals surface area contributed by atoms with Crippen LogP contribution in [0.1, 0.15) is 47.6 Å². The van der Waals surface area contributed by atoms with Crippen molar-refractivity contribution in [3.63, 3.8) is 0 Å². The second-order valence-electron chi connectivity index (χ2n) is 12.8. The molecule has 306 valence electrons. The first-order chi connectivity index (χ1) is 29.8. The molecule has 2 aromatic heterocycles. The molecule has 0 aliphatic rings. The van der Waals surface area contributed by atoms with Gasteiger partial charge in [-0.1, -0.05) is 175 Å². The standard InChI is InChI=1S/C55H55N5S/c1-13-25-38-47-45(34-17-5)50(22-10)59(51(47)23-11)54(35-18-6)57-48(20-8)49(21-9)58-55(56-24-12)61(42(32-15-3)33-16-4,43-36-28-27-29-37-43)60-52(40-26-14-2)44(19-7)46-39-30-31-41-53(46)60/h13-41H,1-3,6-12H2,4-5H3/b33-16-,34-17-,38-25-,40-26-,42-32+,54-35+,56-55+,57-48+,58-49+. The molecule has 6 heteroatoms. The van der Waals surface area contributed by atoms with Crippen LogP contribution in [0, 0.1) is 0 Å². The van der Waals surface area contributed by atoms with Crippen LogP contribution in [0.2, 0.25) is 0 Å². The zero-order chi connectivity index (χ0) is 44.4. The number of allylic oxidation sites excluding steroid dienone is 13. The summed E-state index contributed by atoms with van der Waals surface area (Å²) in [5.74, 6) is 0.516. The first-order valence-electron chi connectivity index (χ1n) is 19.6. The largest absolute Gasteiger partial charge is 0.294 e. The van der Waals surface area contributed by atoms with Gasteiger partial charge in [0, 0.05) is 38.1 Å². The van der Waals surface area contributed by atoms with Crippen molar-refractivity contribution in [1.29, 1.82) is 0 Å². The van der Waals surface area contributed by atoms with Crippen LogP contribution in [0.3, 0.4) is 0 Å². The van der Waals surface area contributed by atoms with Gasteiger partial charge in [-0.15, -0.1) is 0 Å². The van der Waals surface area contributed by atoms with Gasteiger partial charge in [-0.25, -0.2) is 15.0 Å². The molecule has 0 saturated heterocycles. The third kappa shape index (κ3) is 9.21. The summed E-state index contributed by atoms with van der Waals surface area (Å²) in [6.07, 6.45) is 37.1. The average Bonchev–Trinajstić information content (AvgIpc) is 3.77. The zero-order valence-electron chi connectivity index (χ0n) is 35.5. The lowest BCUT2D eigenvalue weighted by atomic mass is 10.1. The molecular weight excluding hydrogens is 763 g/mol. The molecule has 1 atom stereocenters. The Kier molecular flexibility index (Phi) is 17.1. The Hall–Kier alpha value is -7.54. The number of fused-ring (bicyclic) bond motifs is 1. The van der Waals surface area contributed by atoms with Crippen LogP contribution < -0.4 is 0 Å². The number of aromatic nitrogens is 2. The Balaban J connectivity index is 2.31. The maximum atomic E-state index is 5.49. The van der Waals surface area contributed by atoms with E-state index in [9.17, 15) is 0 Å². The molecule has 0 saturated carbocycles. The van der Waals surface area contributed by atoms with Crippen molar-refractivity contribution >= 4 is 80.0 Å². The molecule has 0 spiro atoms. The lowest BCUT2D eigenvalue weighted by Crippen LogP contribution is -2.24. The molecule has 2 heterocycles. The predicted molar refractivity (Wildman–Crippen MR) is 278 cm³/mol. The summed E-state index contributed by atoms with van der Waals surface area (Å²) in [6, 6.07) is 18.5. The molecular formula is C55H55N5S. The van der Waals surface area contributed by atoms with Gasteiger partial charge in [0.25, 0.3) is 0 Å². The second kappa shape index (κ2) is 22.6. The van der Waals surface area contributed by atoms with Crippen LogP contribution in [0.5, 0.6) is 0 Å². The Morgan fingerprint density at radius 1 is 0.590 bits per heavy atom. The minimum atomic E-state index is -2.72. The number of aliphatic imine (C=N–C) groups is 3. The van der Waals surface area contributed by atoms with Crippen LogP contribution >= 0.6 is 10.2 Å². The van der Waals surface area contributed by atoms with E-state index in [2.05, 4.69) is 106 Å². The number of nitrogens with zero attached hydrogens (tertiary/aromatic N) is 5. The number of benzene rings is 2. The fourth-order valence-corrected chi connectivity index (χ4v) is 10.8. The topological polar surface area (TPSA) is 46.9 Å². The molecule has 1 unspecified atom stereocenters. The quantitative estimate of drug-likeness (QED) is 0.0485. The summed E-state index contributed by atoms with van der Waals surface area (Å²) in [7, 11) is -2.72. The zero-order valence-corrected chi connectivity index (χ0v) is 36.3. The summed E-state index contributed by atoms with van der Waals surface area (Å²) in [5.41, 5.74) is 7.07. The maximum absolute atomic E-state index is 5.49. The van der Waals surface area contributed by atoms with Crippen molar-refractivity contribution in [1.82, 2.24) is 8.54 Å². The Morgan fingerprint density at radius 3 is 1.75 bits per heavy atom. The van der Waals surface area contributed by atoms with E-state index in [0.717, 1.165) is 54.5 Å². The van der Waals surface area contributed by atoms with Crippen LogP contribution in [0.15, 0.2) is 230 Å². The van der Waals surface area contributed by atoms with Crippen molar-refractivity contribution in [2.75, 3.05) is 0 Å². The highest BCUT2D eigenvalue weighted by Gasteiger charge is 2.41. The summed E-state index contributed by atoms with van der Waals surface area (Å²) >= 11 is 0. The number of hydrogen-bond donors (Lipinski definition) is 0. The highest BCUT2D eigenvalue weighted by molar-refractivity contribution is 8.47. The van der Waals surface area contributed by atoms with Crippen molar-refractivity contribution in [2.45, 2.75) is 18.7 Å². The molecule has 0 fully saturated rings. The summed E-state index contributed by atoms with van der Waals surface area (Å²) in [5, 5.41) is 1.45. The smallest absolute Gasteiger partial charge is 0.196 e. The average molecular weight is 818 g/mol. The molecule has 2 aromatic carbocycles. The second-order valence-corrected chi connectivity index (χ2v) is 15.6. The van der Waals surface area contributed by atoms with Gasteiger partial charge in [-0.2, -0.15) is 0 Å². The highest BCUT2D eigenvalue weighted by atomic mass is 32.3. The maximum Gasteiger partial charge on any atom is 0.196 e. The van der Waals surface area contributed by atoms with Crippen LogP contribution in [0.25, 0.3) is 53.2 Å². The summed E-state index contributed by atoms with van der Waals surface area (Å²) in [4.78, 5) is 17.7. The van der Waals surface area contributed by atoms with Gasteiger partial charge in [0.15, 0.2) is 5.17 Å².